The van der Waals surface area contributed by atoms with E-state index in [4.69, 9.17) is 4.74 Å². The topological polar surface area (TPSA) is 74.8 Å². The Labute approximate surface area is 126 Å². The van der Waals surface area contributed by atoms with Gasteiger partial charge in [-0.05, 0) is 32.0 Å². The van der Waals surface area contributed by atoms with Gasteiger partial charge in [0.1, 0.15) is 11.8 Å². The van der Waals surface area contributed by atoms with E-state index in [0.717, 1.165) is 30.2 Å². The number of pyridine rings is 1. The van der Waals surface area contributed by atoms with E-state index in [9.17, 15) is 8.42 Å². The number of ether oxygens (including phenoxy) is 1. The fraction of sp³-hybridized carbons (Fsp3) is 0.615. The SMILES string of the molecule is CN1CCC(Oc2ncccc2NS(=O)(=O)N(C)C)CC1. The zero-order valence-electron chi connectivity index (χ0n) is 12.6. The maximum Gasteiger partial charge on any atom is 0.301 e. The van der Waals surface area contributed by atoms with Crippen molar-refractivity contribution in [2.24, 2.45) is 0 Å². The number of piperidine rings is 1. The summed E-state index contributed by atoms with van der Waals surface area (Å²) in [6.45, 7) is 1.94. The molecule has 7 nitrogen and oxygen atoms in total. The summed E-state index contributed by atoms with van der Waals surface area (Å²) in [5, 5.41) is 0. The summed E-state index contributed by atoms with van der Waals surface area (Å²) in [6, 6.07) is 3.33. The van der Waals surface area contributed by atoms with Gasteiger partial charge in [-0.3, -0.25) is 4.72 Å². The second-order valence-electron chi connectivity index (χ2n) is 5.37. The Kier molecular flexibility index (Phi) is 5.02. The number of hydrogen-bond acceptors (Lipinski definition) is 5. The molecule has 1 aromatic rings. The highest BCUT2D eigenvalue weighted by Crippen LogP contribution is 2.25. The van der Waals surface area contributed by atoms with Crippen LogP contribution in [0.1, 0.15) is 12.8 Å². The molecule has 0 atom stereocenters. The lowest BCUT2D eigenvalue weighted by Crippen LogP contribution is -2.36. The summed E-state index contributed by atoms with van der Waals surface area (Å²) < 4.78 is 33.3. The lowest BCUT2D eigenvalue weighted by atomic mass is 10.1. The normalized spacial score (nSPS) is 17.9. The minimum Gasteiger partial charge on any atom is -0.473 e. The summed E-state index contributed by atoms with van der Waals surface area (Å²) in [5.41, 5.74) is 0.366. The predicted octanol–water partition coefficient (Wildman–Crippen LogP) is 0.773. The predicted molar refractivity (Wildman–Crippen MR) is 81.6 cm³/mol. The van der Waals surface area contributed by atoms with E-state index in [0.29, 0.717) is 11.6 Å². The van der Waals surface area contributed by atoms with Crippen LogP contribution in [0.15, 0.2) is 18.3 Å². The maximum atomic E-state index is 11.9. The van der Waals surface area contributed by atoms with E-state index in [1.165, 1.54) is 14.1 Å². The smallest absolute Gasteiger partial charge is 0.301 e. The fourth-order valence-corrected chi connectivity index (χ4v) is 2.67. The minimum absolute atomic E-state index is 0.0683. The van der Waals surface area contributed by atoms with Crippen molar-refractivity contribution in [2.75, 3.05) is 39.0 Å². The van der Waals surface area contributed by atoms with Crippen molar-refractivity contribution in [3.05, 3.63) is 18.3 Å². The van der Waals surface area contributed by atoms with Crippen LogP contribution >= 0.6 is 0 Å². The highest BCUT2D eigenvalue weighted by Gasteiger charge is 2.21. The Morgan fingerprint density at radius 1 is 1.38 bits per heavy atom. The van der Waals surface area contributed by atoms with Crippen LogP contribution in [0.25, 0.3) is 0 Å². The van der Waals surface area contributed by atoms with Gasteiger partial charge in [0.15, 0.2) is 0 Å². The van der Waals surface area contributed by atoms with Crippen LogP contribution in [0.4, 0.5) is 5.69 Å². The quantitative estimate of drug-likeness (QED) is 0.869. The monoisotopic (exact) mass is 314 g/mol. The van der Waals surface area contributed by atoms with Gasteiger partial charge in [0.2, 0.25) is 5.88 Å². The molecule has 2 heterocycles. The zero-order valence-corrected chi connectivity index (χ0v) is 13.4. The maximum absolute atomic E-state index is 11.9. The van der Waals surface area contributed by atoms with E-state index >= 15 is 0 Å². The van der Waals surface area contributed by atoms with E-state index < -0.39 is 10.2 Å². The average molecular weight is 314 g/mol. The molecule has 2 rings (SSSR count). The zero-order chi connectivity index (χ0) is 15.5. The van der Waals surface area contributed by atoms with Crippen LogP contribution in [-0.2, 0) is 10.2 Å². The molecule has 0 amide bonds. The molecule has 1 saturated heterocycles. The number of hydrogen-bond donors (Lipinski definition) is 1. The first kappa shape index (κ1) is 16.0. The molecule has 1 N–H and O–H groups in total. The third kappa shape index (κ3) is 4.29. The van der Waals surface area contributed by atoms with Crippen molar-refractivity contribution in [1.82, 2.24) is 14.2 Å². The highest BCUT2D eigenvalue weighted by atomic mass is 32.2. The molecule has 8 heteroatoms. The van der Waals surface area contributed by atoms with Crippen LogP contribution in [0, 0.1) is 0 Å². The first-order valence-corrected chi connectivity index (χ1v) is 8.33. The Morgan fingerprint density at radius 2 is 2.05 bits per heavy atom. The fourth-order valence-electron chi connectivity index (χ4n) is 2.05. The van der Waals surface area contributed by atoms with Crippen molar-refractivity contribution in [3.8, 4) is 5.88 Å². The molecule has 0 bridgehead atoms. The van der Waals surface area contributed by atoms with E-state index in [1.807, 2.05) is 0 Å². The lowest BCUT2D eigenvalue weighted by molar-refractivity contribution is 0.111. The van der Waals surface area contributed by atoms with Crippen molar-refractivity contribution in [3.63, 3.8) is 0 Å². The van der Waals surface area contributed by atoms with Crippen molar-refractivity contribution in [2.45, 2.75) is 18.9 Å². The standard InChI is InChI=1S/C13H22N4O3S/c1-16(2)21(18,19)15-12-5-4-8-14-13(12)20-11-6-9-17(3)10-7-11/h4-5,8,11,15H,6-7,9-10H2,1-3H3. The molecule has 0 aromatic carbocycles. The first-order valence-electron chi connectivity index (χ1n) is 6.89. The Bertz CT molecular complexity index is 569. The highest BCUT2D eigenvalue weighted by molar-refractivity contribution is 7.90. The second kappa shape index (κ2) is 6.59. The van der Waals surface area contributed by atoms with E-state index in [1.54, 1.807) is 18.3 Å². The van der Waals surface area contributed by atoms with Gasteiger partial charge in [0.25, 0.3) is 0 Å². The average Bonchev–Trinajstić information content (AvgIpc) is 2.43. The molecule has 0 radical (unpaired) electrons. The molecular weight excluding hydrogens is 292 g/mol. The third-order valence-corrected chi connectivity index (χ3v) is 4.87. The Balaban J connectivity index is 2.10. The van der Waals surface area contributed by atoms with Gasteiger partial charge >= 0.3 is 10.2 Å². The molecular formula is C13H22N4O3S. The molecule has 118 valence electrons. The molecule has 0 unspecified atom stereocenters. The number of nitrogens with zero attached hydrogens (tertiary/aromatic N) is 3. The van der Waals surface area contributed by atoms with Gasteiger partial charge in [-0.15, -0.1) is 0 Å². The van der Waals surface area contributed by atoms with Crippen molar-refractivity contribution < 1.29 is 13.2 Å². The summed E-state index contributed by atoms with van der Waals surface area (Å²) >= 11 is 0. The summed E-state index contributed by atoms with van der Waals surface area (Å²) in [7, 11) is 1.45. The third-order valence-electron chi connectivity index (χ3n) is 3.43. The molecule has 0 saturated carbocycles. The molecule has 0 spiro atoms. The number of aromatic nitrogens is 1. The summed E-state index contributed by atoms with van der Waals surface area (Å²) in [5.74, 6) is 0.331. The van der Waals surface area contributed by atoms with Crippen molar-refractivity contribution in [1.29, 1.82) is 0 Å². The molecule has 1 aliphatic heterocycles. The van der Waals surface area contributed by atoms with Crippen LogP contribution in [0.3, 0.4) is 0 Å². The van der Waals surface area contributed by atoms with Gasteiger partial charge in [-0.2, -0.15) is 12.7 Å². The number of anilines is 1. The molecule has 0 aliphatic carbocycles. The van der Waals surface area contributed by atoms with Gasteiger partial charge < -0.3 is 9.64 Å². The summed E-state index contributed by atoms with van der Waals surface area (Å²) in [4.78, 5) is 6.40. The van der Waals surface area contributed by atoms with Gasteiger partial charge in [-0.1, -0.05) is 0 Å². The second-order valence-corrected chi connectivity index (χ2v) is 7.25. The lowest BCUT2D eigenvalue weighted by Gasteiger charge is -2.29. The van der Waals surface area contributed by atoms with Crippen LogP contribution in [0.5, 0.6) is 5.88 Å². The summed E-state index contributed by atoms with van der Waals surface area (Å²) in [6.07, 6.45) is 3.48. The van der Waals surface area contributed by atoms with E-state index in [2.05, 4.69) is 21.7 Å². The van der Waals surface area contributed by atoms with Gasteiger partial charge in [-0.25, -0.2) is 4.98 Å². The van der Waals surface area contributed by atoms with Crippen molar-refractivity contribution >= 4 is 15.9 Å². The van der Waals surface area contributed by atoms with Gasteiger partial charge in [0, 0.05) is 33.4 Å². The Morgan fingerprint density at radius 3 is 2.67 bits per heavy atom. The van der Waals surface area contributed by atoms with Crippen LogP contribution in [-0.4, -0.2) is 62.9 Å². The molecule has 1 fully saturated rings. The number of rotatable bonds is 5. The molecule has 1 aromatic heterocycles. The van der Waals surface area contributed by atoms with Gasteiger partial charge in [0.05, 0.1) is 0 Å². The van der Waals surface area contributed by atoms with Crippen LogP contribution < -0.4 is 9.46 Å². The minimum atomic E-state index is -3.57. The van der Waals surface area contributed by atoms with Crippen LogP contribution in [0.2, 0.25) is 0 Å². The largest absolute Gasteiger partial charge is 0.473 e. The molecule has 21 heavy (non-hydrogen) atoms. The van der Waals surface area contributed by atoms with E-state index in [-0.39, 0.29) is 6.10 Å². The molecule has 1 aliphatic rings. The first-order chi connectivity index (χ1) is 9.88. The number of nitrogens with one attached hydrogen (secondary N) is 1. The Hall–Kier alpha value is -1.38. The number of likely N-dealkylation sites (tertiary alicyclic amines) is 1.